The van der Waals surface area contributed by atoms with Crippen molar-refractivity contribution in [2.24, 2.45) is 5.73 Å². The van der Waals surface area contributed by atoms with Gasteiger partial charge in [0.05, 0.1) is 6.04 Å². The van der Waals surface area contributed by atoms with Crippen molar-refractivity contribution < 1.29 is 9.90 Å². The molecule has 120 valence electrons. The first-order valence-electron chi connectivity index (χ1n) is 7.03. The number of phenols is 1. The molecule has 21 heavy (non-hydrogen) atoms. The molecule has 0 spiro atoms. The van der Waals surface area contributed by atoms with Gasteiger partial charge in [0.15, 0.2) is 5.78 Å². The lowest BCUT2D eigenvalue weighted by atomic mass is 9.78. The van der Waals surface area contributed by atoms with Gasteiger partial charge in [0.1, 0.15) is 5.75 Å². The van der Waals surface area contributed by atoms with Gasteiger partial charge in [-0.25, -0.2) is 0 Å². The van der Waals surface area contributed by atoms with E-state index in [1.165, 1.54) is 0 Å². The zero-order valence-electron chi connectivity index (χ0n) is 14.1. The lowest BCUT2D eigenvalue weighted by Crippen LogP contribution is -2.28. The second kappa shape index (κ2) is 6.37. The summed E-state index contributed by atoms with van der Waals surface area (Å²) < 4.78 is 0. The molecule has 0 amide bonds. The molecule has 1 atom stereocenters. The molecule has 0 aliphatic heterocycles. The van der Waals surface area contributed by atoms with Gasteiger partial charge in [0.25, 0.3) is 0 Å². The summed E-state index contributed by atoms with van der Waals surface area (Å²) in [7, 11) is 0. The number of ketones is 1. The van der Waals surface area contributed by atoms with Crippen molar-refractivity contribution in [3.8, 4) is 5.75 Å². The molecule has 0 aliphatic rings. The minimum atomic E-state index is -0.542. The second-order valence-electron chi connectivity index (χ2n) is 7.57. The number of phenolic OH excluding ortho intramolecular Hbond substituents is 1. The summed E-state index contributed by atoms with van der Waals surface area (Å²) in [5.74, 6) is 0.187. The van der Waals surface area contributed by atoms with Gasteiger partial charge in [0, 0.05) is 16.7 Å². The Bertz CT molecular complexity index is 488. The molecule has 1 aromatic carbocycles. The summed E-state index contributed by atoms with van der Waals surface area (Å²) in [6.07, 6.45) is 0. The quantitative estimate of drug-likeness (QED) is 0.813. The van der Waals surface area contributed by atoms with Crippen LogP contribution in [0.15, 0.2) is 12.1 Å². The standard InChI is InChI=1S/C17H27NO2.ClH/c1-10(18)14(19)11-8-12(16(2,3)4)15(20)13(9-11)17(5,6)7;/h8-10,20H,18H2,1-7H3;1H. The molecule has 0 heterocycles. The van der Waals surface area contributed by atoms with Crippen molar-refractivity contribution in [3.63, 3.8) is 0 Å². The summed E-state index contributed by atoms with van der Waals surface area (Å²) in [5, 5.41) is 10.6. The smallest absolute Gasteiger partial charge is 0.179 e. The van der Waals surface area contributed by atoms with Gasteiger partial charge in [-0.05, 0) is 29.9 Å². The summed E-state index contributed by atoms with van der Waals surface area (Å²) in [4.78, 5) is 12.2. The first kappa shape index (κ1) is 19.9. The lowest BCUT2D eigenvalue weighted by molar-refractivity contribution is 0.0967. The molecule has 0 radical (unpaired) electrons. The van der Waals surface area contributed by atoms with E-state index in [0.29, 0.717) is 5.56 Å². The highest BCUT2D eigenvalue weighted by molar-refractivity contribution is 6.00. The highest BCUT2D eigenvalue weighted by Gasteiger charge is 2.28. The number of carbonyl (C=O) groups is 1. The molecule has 0 saturated heterocycles. The predicted molar refractivity (Wildman–Crippen MR) is 90.7 cm³/mol. The predicted octanol–water partition coefficient (Wildman–Crippen LogP) is 3.94. The maximum Gasteiger partial charge on any atom is 0.179 e. The Morgan fingerprint density at radius 2 is 1.38 bits per heavy atom. The number of rotatable bonds is 2. The topological polar surface area (TPSA) is 63.3 Å². The fraction of sp³-hybridized carbons (Fsp3) is 0.588. The molecule has 1 rings (SSSR count). The first-order valence-corrected chi connectivity index (χ1v) is 7.03. The van der Waals surface area contributed by atoms with Gasteiger partial charge >= 0.3 is 0 Å². The van der Waals surface area contributed by atoms with Crippen LogP contribution in [-0.2, 0) is 10.8 Å². The average molecular weight is 314 g/mol. The molecule has 0 fully saturated rings. The van der Waals surface area contributed by atoms with E-state index in [2.05, 4.69) is 0 Å². The van der Waals surface area contributed by atoms with Crippen LogP contribution in [0.25, 0.3) is 0 Å². The maximum atomic E-state index is 12.2. The molecule has 1 unspecified atom stereocenters. The van der Waals surface area contributed by atoms with E-state index in [1.54, 1.807) is 19.1 Å². The van der Waals surface area contributed by atoms with Crippen LogP contribution in [0.3, 0.4) is 0 Å². The van der Waals surface area contributed by atoms with Gasteiger partial charge in [-0.3, -0.25) is 4.79 Å². The number of Topliss-reactive ketones (excluding diaryl/α,β-unsaturated/α-hetero) is 1. The van der Waals surface area contributed by atoms with Crippen LogP contribution in [0.2, 0.25) is 0 Å². The minimum absolute atomic E-state index is 0. The van der Waals surface area contributed by atoms with Crippen LogP contribution in [0, 0.1) is 0 Å². The summed E-state index contributed by atoms with van der Waals surface area (Å²) >= 11 is 0. The third-order valence-electron chi connectivity index (χ3n) is 3.42. The van der Waals surface area contributed by atoms with Crippen molar-refractivity contribution in [2.75, 3.05) is 0 Å². The van der Waals surface area contributed by atoms with E-state index in [4.69, 9.17) is 5.73 Å². The number of aromatic hydroxyl groups is 1. The fourth-order valence-electron chi connectivity index (χ4n) is 2.18. The van der Waals surface area contributed by atoms with Gasteiger partial charge < -0.3 is 10.8 Å². The largest absolute Gasteiger partial charge is 0.507 e. The molecular weight excluding hydrogens is 286 g/mol. The lowest BCUT2D eigenvalue weighted by Gasteiger charge is -2.28. The minimum Gasteiger partial charge on any atom is -0.507 e. The molecular formula is C17H28ClNO2. The van der Waals surface area contributed by atoms with Crippen LogP contribution in [0.5, 0.6) is 5.75 Å². The Balaban J connectivity index is 0.00000400. The van der Waals surface area contributed by atoms with Crippen molar-refractivity contribution in [2.45, 2.75) is 65.3 Å². The summed E-state index contributed by atoms with van der Waals surface area (Å²) in [5.41, 5.74) is 7.39. The zero-order valence-corrected chi connectivity index (χ0v) is 14.9. The normalized spacial score (nSPS) is 13.5. The molecule has 1 aromatic rings. The number of hydrogen-bond donors (Lipinski definition) is 2. The molecule has 4 heteroatoms. The first-order chi connectivity index (χ1) is 8.85. The van der Waals surface area contributed by atoms with Gasteiger partial charge in [-0.2, -0.15) is 0 Å². The number of halogens is 1. The van der Waals surface area contributed by atoms with Gasteiger partial charge in [-0.1, -0.05) is 41.5 Å². The van der Waals surface area contributed by atoms with Crippen molar-refractivity contribution in [1.29, 1.82) is 0 Å². The number of benzene rings is 1. The maximum absolute atomic E-state index is 12.2. The van der Waals surface area contributed by atoms with Gasteiger partial charge in [-0.15, -0.1) is 12.4 Å². The summed E-state index contributed by atoms with van der Waals surface area (Å²) in [6, 6.07) is 3.01. The Morgan fingerprint density at radius 1 is 1.05 bits per heavy atom. The van der Waals surface area contributed by atoms with E-state index < -0.39 is 6.04 Å². The Labute approximate surface area is 134 Å². The van der Waals surface area contributed by atoms with Crippen LogP contribution < -0.4 is 5.73 Å². The Kier molecular flexibility index (Phi) is 6.05. The van der Waals surface area contributed by atoms with Gasteiger partial charge in [0.2, 0.25) is 0 Å². The Morgan fingerprint density at radius 3 is 1.62 bits per heavy atom. The number of hydrogen-bond acceptors (Lipinski definition) is 3. The van der Waals surface area contributed by atoms with Crippen molar-refractivity contribution in [3.05, 3.63) is 28.8 Å². The number of carbonyl (C=O) groups excluding carboxylic acids is 1. The van der Waals surface area contributed by atoms with E-state index in [0.717, 1.165) is 11.1 Å². The van der Waals surface area contributed by atoms with Crippen LogP contribution in [0.1, 0.15) is 70.0 Å². The highest BCUT2D eigenvalue weighted by Crippen LogP contribution is 2.39. The van der Waals surface area contributed by atoms with E-state index in [-0.39, 0.29) is 34.8 Å². The van der Waals surface area contributed by atoms with Crippen LogP contribution in [0.4, 0.5) is 0 Å². The molecule has 0 bridgehead atoms. The van der Waals surface area contributed by atoms with Crippen molar-refractivity contribution in [1.82, 2.24) is 0 Å². The third kappa shape index (κ3) is 4.45. The van der Waals surface area contributed by atoms with E-state index >= 15 is 0 Å². The molecule has 0 aromatic heterocycles. The average Bonchev–Trinajstić information content (AvgIpc) is 2.24. The highest BCUT2D eigenvalue weighted by atomic mass is 35.5. The summed E-state index contributed by atoms with van der Waals surface area (Å²) in [6.45, 7) is 13.8. The third-order valence-corrected chi connectivity index (χ3v) is 3.42. The fourth-order valence-corrected chi connectivity index (χ4v) is 2.18. The second-order valence-corrected chi connectivity index (χ2v) is 7.57. The molecule has 0 saturated carbocycles. The number of nitrogens with two attached hydrogens (primary N) is 1. The molecule has 3 N–H and O–H groups in total. The van der Waals surface area contributed by atoms with Crippen molar-refractivity contribution >= 4 is 18.2 Å². The van der Waals surface area contributed by atoms with Crippen LogP contribution in [-0.4, -0.2) is 16.9 Å². The molecule has 0 aliphatic carbocycles. The van der Waals surface area contributed by atoms with E-state index in [1.807, 2.05) is 41.5 Å². The van der Waals surface area contributed by atoms with E-state index in [9.17, 15) is 9.90 Å². The van der Waals surface area contributed by atoms with Crippen LogP contribution >= 0.6 is 12.4 Å². The SMILES string of the molecule is CC(N)C(=O)c1cc(C(C)(C)C)c(O)c(C(C)(C)C)c1.Cl. The Hall–Kier alpha value is -1.06. The zero-order chi connectivity index (χ0) is 15.9. The monoisotopic (exact) mass is 313 g/mol. The molecule has 3 nitrogen and oxygen atoms in total.